The van der Waals surface area contributed by atoms with Gasteiger partial charge in [-0.1, -0.05) is 0 Å². The summed E-state index contributed by atoms with van der Waals surface area (Å²) < 4.78 is 17.7. The van der Waals surface area contributed by atoms with E-state index in [-0.39, 0.29) is 11.3 Å². The summed E-state index contributed by atoms with van der Waals surface area (Å²) >= 11 is -3.52. The number of aliphatic hydroxyl groups is 4. The minimum absolute atomic E-state index is 0.110. The molecule has 0 bridgehead atoms. The summed E-state index contributed by atoms with van der Waals surface area (Å²) in [5.74, 6) is -11.7. The van der Waals surface area contributed by atoms with E-state index >= 15 is 0 Å². The number of Topliss-reactive ketones (excluding diaryl/α,β-unsaturated/α-hetero) is 4. The Bertz CT molecular complexity index is 2270. The van der Waals surface area contributed by atoms with Crippen LogP contribution in [0.3, 0.4) is 0 Å². The van der Waals surface area contributed by atoms with Crippen LogP contribution < -0.4 is 9.05 Å². The maximum atomic E-state index is 14.7. The van der Waals surface area contributed by atoms with Gasteiger partial charge in [-0.2, -0.15) is 0 Å². The Morgan fingerprint density at radius 1 is 0.592 bits per heavy atom. The van der Waals surface area contributed by atoms with Crippen LogP contribution >= 0.6 is 0 Å². The number of carbonyl (C=O) groups excluding carboxylic acids is 4. The molecule has 10 rings (SSSR count). The molecule has 1 aliphatic heterocycles. The molecular weight excluding hydrogens is 754 g/mol. The Balaban J connectivity index is 1.11. The van der Waals surface area contributed by atoms with Crippen molar-refractivity contribution in [2.45, 2.75) is 12.2 Å². The van der Waals surface area contributed by atoms with Crippen molar-refractivity contribution in [1.82, 2.24) is 0 Å². The molecule has 7 N–H and O–H groups in total. The Morgan fingerprint density at radius 2 is 1.02 bits per heavy atom. The molecule has 49 heavy (non-hydrogen) atoms. The van der Waals surface area contributed by atoms with Gasteiger partial charge in [0.15, 0.2) is 0 Å². The Labute approximate surface area is 282 Å². The number of benzene rings is 3. The van der Waals surface area contributed by atoms with Crippen LogP contribution in [-0.4, -0.2) is 92.6 Å². The molecule has 0 radical (unpaired) electrons. The topological polar surface area (TPSA) is 238 Å². The summed E-state index contributed by atoms with van der Waals surface area (Å²) in [6, 6.07) is 11.3. The van der Waals surface area contributed by atoms with E-state index in [2.05, 4.69) is 0 Å². The standard InChI is InChI=1S/C28H18O12.C6H6O2.Sb/c29-5-1-3-7(31)11-9(5)19(33)15-23(37)17-21(35)13(27(15,17)25(11)39)14-22(36)18-24(38)16-20(34)10-6(30)2-4-8(32)12(10)26(40)28(14,16)18;7-5-3-1-2-4-6(5)8;/h1-4,13-14,17-18,21-22,29-36H;1-4,7-8H;/q;;+3/p-3. The van der Waals surface area contributed by atoms with Crippen LogP contribution in [0.15, 0.2) is 59.7 Å². The van der Waals surface area contributed by atoms with Crippen LogP contribution in [0.25, 0.3) is 11.5 Å². The van der Waals surface area contributed by atoms with Crippen molar-refractivity contribution < 1.29 is 64.0 Å². The van der Waals surface area contributed by atoms with Gasteiger partial charge in [-0.15, -0.1) is 0 Å². The van der Waals surface area contributed by atoms with E-state index in [9.17, 15) is 54.9 Å². The first-order chi connectivity index (χ1) is 23.4. The first-order valence-electron chi connectivity index (χ1n) is 15.2. The fourth-order valence-corrected chi connectivity index (χ4v) is 12.7. The van der Waals surface area contributed by atoms with E-state index in [1.165, 1.54) is 6.07 Å². The van der Waals surface area contributed by atoms with Crippen molar-refractivity contribution in [3.8, 4) is 34.5 Å². The fourth-order valence-electron chi connectivity index (χ4n) is 9.76. The third-order valence-corrected chi connectivity index (χ3v) is 14.5. The van der Waals surface area contributed by atoms with Crippen LogP contribution in [0.2, 0.25) is 0 Å². The first-order valence-corrected chi connectivity index (χ1v) is 18.3. The Hall–Kier alpha value is -5.04. The zero-order chi connectivity index (χ0) is 34.2. The van der Waals surface area contributed by atoms with Gasteiger partial charge in [0, 0.05) is 0 Å². The van der Waals surface area contributed by atoms with Crippen LogP contribution in [0.4, 0.5) is 0 Å². The number of allylic oxidation sites excluding steroid dienone is 2. The van der Waals surface area contributed by atoms with E-state index in [0.717, 1.165) is 18.2 Å². The predicted molar refractivity (Wildman–Crippen MR) is 161 cm³/mol. The van der Waals surface area contributed by atoms with Crippen molar-refractivity contribution in [3.63, 3.8) is 0 Å². The molecule has 4 fully saturated rings. The summed E-state index contributed by atoms with van der Waals surface area (Å²) in [5, 5.41) is 78.0. The molecule has 8 atom stereocenters. The number of carbonyl (C=O) groups is 4. The second kappa shape index (κ2) is 8.75. The van der Waals surface area contributed by atoms with E-state index in [1.807, 2.05) is 0 Å². The molecule has 4 saturated carbocycles. The number of phenolic OH excluding ortho intramolecular Hbond substituents is 3. The van der Waals surface area contributed by atoms with Crippen LogP contribution in [0, 0.1) is 34.5 Å². The van der Waals surface area contributed by atoms with Crippen molar-refractivity contribution in [1.29, 1.82) is 0 Å². The molecule has 0 aromatic heterocycles. The Morgan fingerprint density at radius 3 is 1.53 bits per heavy atom. The van der Waals surface area contributed by atoms with E-state index < -0.39 is 148 Å². The maximum absolute atomic E-state index is 14.7. The molecule has 15 heteroatoms. The van der Waals surface area contributed by atoms with Crippen LogP contribution in [0.5, 0.6) is 34.5 Å². The third kappa shape index (κ3) is 2.82. The van der Waals surface area contributed by atoms with Gasteiger partial charge in [0.05, 0.1) is 0 Å². The van der Waals surface area contributed by atoms with Gasteiger partial charge in [0.2, 0.25) is 0 Å². The van der Waals surface area contributed by atoms with Gasteiger partial charge in [-0.05, 0) is 12.1 Å². The zero-order valence-corrected chi connectivity index (χ0v) is 27.1. The predicted octanol–water partition coefficient (Wildman–Crippen LogP) is 1.62. The molecule has 1 heterocycles. The van der Waals surface area contributed by atoms with Crippen molar-refractivity contribution in [2.75, 3.05) is 0 Å². The molecule has 3 aromatic carbocycles. The Kier molecular flexibility index (Phi) is 5.17. The van der Waals surface area contributed by atoms with E-state index in [0.29, 0.717) is 11.5 Å². The molecule has 7 aliphatic rings. The number of rotatable bonds is 3. The van der Waals surface area contributed by atoms with Crippen LogP contribution in [-0.2, 0) is 9.59 Å². The molecule has 0 amide bonds. The number of hydrogen-bond donors (Lipinski definition) is 7. The monoisotopic (exact) mass is 774 g/mol. The third-order valence-electron chi connectivity index (χ3n) is 11.6. The average Bonchev–Trinajstić information content (AvgIpc) is 3.47. The number of aliphatic hydroxyl groups excluding tert-OH is 4. The number of ketones is 4. The van der Waals surface area contributed by atoms with Crippen molar-refractivity contribution in [2.24, 2.45) is 34.5 Å². The van der Waals surface area contributed by atoms with Gasteiger partial charge in [-0.3, -0.25) is 0 Å². The van der Waals surface area contributed by atoms with Crippen molar-refractivity contribution >= 4 is 56.1 Å². The van der Waals surface area contributed by atoms with E-state index in [4.69, 9.17) is 9.05 Å². The van der Waals surface area contributed by atoms with Crippen LogP contribution in [0.1, 0.15) is 31.8 Å². The van der Waals surface area contributed by atoms with Crippen molar-refractivity contribution in [3.05, 3.63) is 81.9 Å². The molecule has 3 aromatic rings. The zero-order valence-electron chi connectivity index (χ0n) is 24.5. The summed E-state index contributed by atoms with van der Waals surface area (Å²) in [7, 11) is 0. The fraction of sp³-hybridized carbons (Fsp3) is 0.235. The second-order valence-electron chi connectivity index (χ2n) is 13.2. The van der Waals surface area contributed by atoms with Gasteiger partial charge < -0.3 is 10.2 Å². The SMILES string of the molecule is O=C1C2=C(O)c3c(O)ccc(O)c3C(=O)C23C1C(O)C3C1C(O)C2C(=O)C3=C(O)c4c([O][Sb]5[O]c6ccccc6[O]5)ccc(O)c4C(=O)C321. The minimum atomic E-state index is -3.52. The second-order valence-corrected chi connectivity index (χ2v) is 16.0. The molecule has 14 nitrogen and oxygen atoms in total. The normalized spacial score (nSPS) is 34.3. The molecule has 6 aliphatic carbocycles. The summed E-state index contributed by atoms with van der Waals surface area (Å²) in [5.41, 5.74) is -6.64. The molecule has 246 valence electrons. The molecule has 8 unspecified atom stereocenters. The number of para-hydroxylation sites is 2. The number of aromatic hydroxyl groups is 3. The van der Waals surface area contributed by atoms with Gasteiger partial charge in [-0.25, -0.2) is 0 Å². The van der Waals surface area contributed by atoms with Gasteiger partial charge >= 0.3 is 255 Å². The molecule has 0 saturated heterocycles. The number of fused-ring (bicyclic) bond motifs is 3. The average molecular weight is 775 g/mol. The number of hydrogen-bond acceptors (Lipinski definition) is 14. The molecular formula is C34H21O14Sb. The van der Waals surface area contributed by atoms with Gasteiger partial charge in [0.1, 0.15) is 5.75 Å². The first kappa shape index (κ1) is 28.9. The quantitative estimate of drug-likeness (QED) is 0.148. The summed E-state index contributed by atoms with van der Waals surface area (Å²) in [6.07, 6.45) is -3.29. The number of phenols is 3. The van der Waals surface area contributed by atoms with Gasteiger partial charge in [0.25, 0.3) is 0 Å². The molecule has 2 spiro atoms. The summed E-state index contributed by atoms with van der Waals surface area (Å²) in [6.45, 7) is 0. The van der Waals surface area contributed by atoms with E-state index in [1.54, 1.807) is 24.3 Å². The summed E-state index contributed by atoms with van der Waals surface area (Å²) in [4.78, 5) is 55.8.